The van der Waals surface area contributed by atoms with E-state index in [0.717, 1.165) is 23.5 Å². The number of hydrogen-bond acceptors (Lipinski definition) is 4. The largest absolute Gasteiger partial charge is 0.379 e. The third-order valence-electron chi connectivity index (χ3n) is 3.69. The summed E-state index contributed by atoms with van der Waals surface area (Å²) in [6, 6.07) is 7.73. The van der Waals surface area contributed by atoms with E-state index in [0.29, 0.717) is 13.2 Å². The van der Waals surface area contributed by atoms with Crippen LogP contribution in [0.15, 0.2) is 41.1 Å². The number of benzene rings is 1. The molecule has 0 N–H and O–H groups in total. The molecule has 4 heteroatoms. The maximum atomic E-state index is 12.7. The Morgan fingerprint density at radius 1 is 1.30 bits per heavy atom. The van der Waals surface area contributed by atoms with Crippen LogP contribution < -0.4 is 0 Å². The van der Waals surface area contributed by atoms with Crippen LogP contribution in [0.25, 0.3) is 0 Å². The van der Waals surface area contributed by atoms with Crippen molar-refractivity contribution >= 4 is 17.5 Å². The number of Topliss-reactive ketones (excluding diaryl/α,β-unsaturated/α-hetero) is 1. The molecule has 1 fully saturated rings. The van der Waals surface area contributed by atoms with Gasteiger partial charge in [-0.25, -0.2) is 0 Å². The third-order valence-corrected chi connectivity index (χ3v) is 4.40. The van der Waals surface area contributed by atoms with Crippen molar-refractivity contribution in [2.75, 3.05) is 26.3 Å². The lowest BCUT2D eigenvalue weighted by molar-refractivity contribution is -0.00430. The Kier molecular flexibility index (Phi) is 5.02. The van der Waals surface area contributed by atoms with Crippen LogP contribution in [0.3, 0.4) is 0 Å². The van der Waals surface area contributed by atoms with Crippen LogP contribution in [0.2, 0.25) is 0 Å². The Bertz CT molecular complexity index is 476. The Hall–Kier alpha value is -1.10. The molecule has 0 bridgehead atoms. The van der Waals surface area contributed by atoms with Gasteiger partial charge in [-0.05, 0) is 31.4 Å². The van der Waals surface area contributed by atoms with Gasteiger partial charge >= 0.3 is 0 Å². The lowest BCUT2D eigenvalue weighted by Gasteiger charge is -2.39. The summed E-state index contributed by atoms with van der Waals surface area (Å²) in [7, 11) is 0. The van der Waals surface area contributed by atoms with E-state index in [1.165, 1.54) is 0 Å². The van der Waals surface area contributed by atoms with Gasteiger partial charge in [-0.15, -0.1) is 0 Å². The molecule has 1 aromatic rings. The Balaban J connectivity index is 2.14. The van der Waals surface area contributed by atoms with E-state index in [2.05, 4.69) is 11.5 Å². The molecule has 1 aliphatic heterocycles. The summed E-state index contributed by atoms with van der Waals surface area (Å²) in [5, 5.41) is 1.79. The monoisotopic (exact) mass is 291 g/mol. The number of morpholine rings is 1. The van der Waals surface area contributed by atoms with E-state index in [9.17, 15) is 4.79 Å². The molecule has 0 amide bonds. The SMILES string of the molecule is C=CSc1ccc(C(=O)C(C)(C)N2CCOCC2)cc1. The topological polar surface area (TPSA) is 29.5 Å². The highest BCUT2D eigenvalue weighted by Crippen LogP contribution is 2.24. The molecule has 2 rings (SSSR count). The van der Waals surface area contributed by atoms with Crippen molar-refractivity contribution in [2.45, 2.75) is 24.3 Å². The van der Waals surface area contributed by atoms with Gasteiger partial charge < -0.3 is 4.74 Å². The van der Waals surface area contributed by atoms with Crippen LogP contribution in [-0.2, 0) is 4.74 Å². The second kappa shape index (κ2) is 6.57. The van der Waals surface area contributed by atoms with Gasteiger partial charge in [0.15, 0.2) is 5.78 Å². The smallest absolute Gasteiger partial charge is 0.182 e. The summed E-state index contributed by atoms with van der Waals surface area (Å²) in [5.41, 5.74) is 0.270. The average molecular weight is 291 g/mol. The lowest BCUT2D eigenvalue weighted by atomic mass is 9.91. The van der Waals surface area contributed by atoms with Crippen LogP contribution >= 0.6 is 11.8 Å². The quantitative estimate of drug-likeness (QED) is 0.615. The first-order chi connectivity index (χ1) is 9.55. The van der Waals surface area contributed by atoms with Gasteiger partial charge in [0.2, 0.25) is 0 Å². The van der Waals surface area contributed by atoms with Crippen molar-refractivity contribution in [1.29, 1.82) is 0 Å². The number of hydrogen-bond donors (Lipinski definition) is 0. The van der Waals surface area contributed by atoms with E-state index < -0.39 is 5.54 Å². The van der Waals surface area contributed by atoms with Gasteiger partial charge in [0, 0.05) is 23.5 Å². The molecule has 0 atom stereocenters. The summed E-state index contributed by atoms with van der Waals surface area (Å²) in [5.74, 6) is 0.162. The standard InChI is InChI=1S/C16H21NO2S/c1-4-20-14-7-5-13(6-8-14)15(18)16(2,3)17-9-11-19-12-10-17/h4-8H,1,9-12H2,2-3H3. The molecule has 0 unspecified atom stereocenters. The summed E-state index contributed by atoms with van der Waals surface area (Å²) < 4.78 is 5.36. The van der Waals surface area contributed by atoms with E-state index in [4.69, 9.17) is 4.74 Å². The van der Waals surface area contributed by atoms with Gasteiger partial charge in [0.05, 0.1) is 18.8 Å². The predicted molar refractivity (Wildman–Crippen MR) is 83.3 cm³/mol. The fourth-order valence-electron chi connectivity index (χ4n) is 2.40. The zero-order valence-corrected chi connectivity index (χ0v) is 12.9. The minimum atomic E-state index is -0.489. The van der Waals surface area contributed by atoms with Gasteiger partial charge in [-0.1, -0.05) is 30.5 Å². The molecule has 1 aliphatic rings. The minimum absolute atomic E-state index is 0.162. The van der Waals surface area contributed by atoms with Crippen molar-refractivity contribution in [3.8, 4) is 0 Å². The molecule has 0 aromatic heterocycles. The van der Waals surface area contributed by atoms with Crippen molar-refractivity contribution in [3.63, 3.8) is 0 Å². The van der Waals surface area contributed by atoms with Gasteiger partial charge in [-0.2, -0.15) is 0 Å². The Morgan fingerprint density at radius 3 is 2.45 bits per heavy atom. The summed E-state index contributed by atoms with van der Waals surface area (Å²) in [6.45, 7) is 10.7. The second-order valence-corrected chi connectivity index (χ2v) is 6.34. The Morgan fingerprint density at radius 2 is 1.90 bits per heavy atom. The van der Waals surface area contributed by atoms with Gasteiger partial charge in [0.25, 0.3) is 0 Å². The van der Waals surface area contributed by atoms with E-state index >= 15 is 0 Å². The highest BCUT2D eigenvalue weighted by molar-refractivity contribution is 8.02. The number of ketones is 1. The lowest BCUT2D eigenvalue weighted by Crippen LogP contribution is -2.54. The van der Waals surface area contributed by atoms with Crippen LogP contribution in [0.4, 0.5) is 0 Å². The van der Waals surface area contributed by atoms with Crippen LogP contribution in [-0.4, -0.2) is 42.5 Å². The molecule has 1 saturated heterocycles. The fraction of sp³-hybridized carbons (Fsp3) is 0.438. The first-order valence-corrected chi connectivity index (χ1v) is 7.69. The summed E-state index contributed by atoms with van der Waals surface area (Å²) in [4.78, 5) is 16.0. The number of rotatable bonds is 5. The first kappa shape index (κ1) is 15.3. The molecule has 20 heavy (non-hydrogen) atoms. The zero-order chi connectivity index (χ0) is 14.6. The van der Waals surface area contributed by atoms with Gasteiger partial charge in [-0.3, -0.25) is 9.69 Å². The number of carbonyl (C=O) groups is 1. The fourth-order valence-corrected chi connectivity index (χ4v) is 2.89. The summed E-state index contributed by atoms with van der Waals surface area (Å²) >= 11 is 1.56. The molecular weight excluding hydrogens is 270 g/mol. The average Bonchev–Trinajstić information content (AvgIpc) is 2.48. The molecule has 3 nitrogen and oxygen atoms in total. The third kappa shape index (κ3) is 3.32. The molecule has 0 spiro atoms. The molecule has 108 valence electrons. The Labute approximate surface area is 125 Å². The number of carbonyl (C=O) groups excluding carboxylic acids is 1. The molecule has 0 aliphatic carbocycles. The van der Waals surface area contributed by atoms with Crippen LogP contribution in [0, 0.1) is 0 Å². The van der Waals surface area contributed by atoms with Crippen LogP contribution in [0.1, 0.15) is 24.2 Å². The summed E-state index contributed by atoms with van der Waals surface area (Å²) in [6.07, 6.45) is 0. The predicted octanol–water partition coefficient (Wildman–Crippen LogP) is 3.22. The number of nitrogens with zero attached hydrogens (tertiary/aromatic N) is 1. The minimum Gasteiger partial charge on any atom is -0.379 e. The highest BCUT2D eigenvalue weighted by Gasteiger charge is 2.35. The maximum Gasteiger partial charge on any atom is 0.182 e. The molecule has 0 radical (unpaired) electrons. The maximum absolute atomic E-state index is 12.7. The first-order valence-electron chi connectivity index (χ1n) is 6.81. The molecule has 1 aromatic carbocycles. The van der Waals surface area contributed by atoms with Crippen LogP contribution in [0.5, 0.6) is 0 Å². The van der Waals surface area contributed by atoms with Crippen molar-refractivity contribution in [2.24, 2.45) is 0 Å². The van der Waals surface area contributed by atoms with E-state index in [-0.39, 0.29) is 5.78 Å². The van der Waals surface area contributed by atoms with Crippen molar-refractivity contribution in [3.05, 3.63) is 41.8 Å². The van der Waals surface area contributed by atoms with Crippen molar-refractivity contribution in [1.82, 2.24) is 4.90 Å². The van der Waals surface area contributed by atoms with Gasteiger partial charge in [0.1, 0.15) is 0 Å². The van der Waals surface area contributed by atoms with E-state index in [1.54, 1.807) is 17.2 Å². The second-order valence-electron chi connectivity index (χ2n) is 5.30. The molecule has 1 heterocycles. The zero-order valence-electron chi connectivity index (χ0n) is 12.1. The number of ether oxygens (including phenoxy) is 1. The number of thioether (sulfide) groups is 1. The van der Waals surface area contributed by atoms with Crippen molar-refractivity contribution < 1.29 is 9.53 Å². The molecular formula is C16H21NO2S. The van der Waals surface area contributed by atoms with E-state index in [1.807, 2.05) is 38.1 Å². The highest BCUT2D eigenvalue weighted by atomic mass is 32.2. The molecule has 0 saturated carbocycles. The normalized spacial score (nSPS) is 16.9.